The smallest absolute Gasteiger partial charge is 0.251 e. The normalized spacial score (nSPS) is 13.3. The van der Waals surface area contributed by atoms with Gasteiger partial charge >= 0.3 is 0 Å². The van der Waals surface area contributed by atoms with Crippen molar-refractivity contribution in [2.45, 2.75) is 38.7 Å². The highest BCUT2D eigenvalue weighted by Gasteiger charge is 2.15. The molecule has 5 nitrogen and oxygen atoms in total. The van der Waals surface area contributed by atoms with E-state index in [2.05, 4.69) is 16.7 Å². The molecule has 33 heavy (non-hydrogen) atoms. The molecule has 5 heteroatoms. The first-order chi connectivity index (χ1) is 16.2. The molecule has 168 valence electrons. The molecule has 0 atom stereocenters. The van der Waals surface area contributed by atoms with Crippen LogP contribution in [-0.2, 0) is 6.61 Å². The van der Waals surface area contributed by atoms with E-state index in [-0.39, 0.29) is 5.91 Å². The fourth-order valence-electron chi connectivity index (χ4n) is 4.25. The topological polar surface area (TPSA) is 74.1 Å². The van der Waals surface area contributed by atoms with Gasteiger partial charge in [-0.1, -0.05) is 49.9 Å². The van der Waals surface area contributed by atoms with Crippen molar-refractivity contribution in [1.29, 1.82) is 5.26 Å². The SMILES string of the molecule is N#Cc1ccccc1COc1ccc(Nc2cccc(C(=O)NCCC3CCCC3)c2)cc1. The van der Waals surface area contributed by atoms with Crippen molar-refractivity contribution in [3.05, 3.63) is 89.5 Å². The Morgan fingerprint density at radius 3 is 2.55 bits per heavy atom. The second-order valence-electron chi connectivity index (χ2n) is 8.48. The molecule has 1 aliphatic carbocycles. The number of carbonyl (C=O) groups is 1. The number of amides is 1. The third-order valence-electron chi connectivity index (χ3n) is 6.11. The number of hydrogen-bond donors (Lipinski definition) is 2. The van der Waals surface area contributed by atoms with Gasteiger partial charge in [0.15, 0.2) is 0 Å². The van der Waals surface area contributed by atoms with Gasteiger partial charge < -0.3 is 15.4 Å². The first-order valence-electron chi connectivity index (χ1n) is 11.6. The van der Waals surface area contributed by atoms with Gasteiger partial charge in [0.2, 0.25) is 0 Å². The highest BCUT2D eigenvalue weighted by Crippen LogP contribution is 2.27. The zero-order valence-corrected chi connectivity index (χ0v) is 18.7. The second kappa shape index (κ2) is 11.2. The van der Waals surface area contributed by atoms with Crippen molar-refractivity contribution in [3.8, 4) is 11.8 Å². The fourth-order valence-corrected chi connectivity index (χ4v) is 4.25. The largest absolute Gasteiger partial charge is 0.489 e. The van der Waals surface area contributed by atoms with Crippen LogP contribution in [0.1, 0.15) is 53.6 Å². The highest BCUT2D eigenvalue weighted by molar-refractivity contribution is 5.95. The molecule has 3 aromatic rings. The van der Waals surface area contributed by atoms with E-state index in [4.69, 9.17) is 4.74 Å². The summed E-state index contributed by atoms with van der Waals surface area (Å²) in [4.78, 5) is 12.5. The van der Waals surface area contributed by atoms with Crippen LogP contribution < -0.4 is 15.4 Å². The molecule has 1 aliphatic rings. The Morgan fingerprint density at radius 2 is 1.76 bits per heavy atom. The second-order valence-corrected chi connectivity index (χ2v) is 8.48. The van der Waals surface area contributed by atoms with Gasteiger partial charge in [0, 0.05) is 29.0 Å². The Hall–Kier alpha value is -3.78. The van der Waals surface area contributed by atoms with Crippen LogP contribution in [0.15, 0.2) is 72.8 Å². The van der Waals surface area contributed by atoms with Crippen molar-refractivity contribution < 1.29 is 9.53 Å². The van der Waals surface area contributed by atoms with Gasteiger partial charge in [0.1, 0.15) is 12.4 Å². The van der Waals surface area contributed by atoms with Crippen LogP contribution in [0.4, 0.5) is 11.4 Å². The first-order valence-corrected chi connectivity index (χ1v) is 11.6. The van der Waals surface area contributed by atoms with Crippen LogP contribution in [-0.4, -0.2) is 12.5 Å². The number of rotatable bonds is 9. The Kier molecular flexibility index (Phi) is 7.60. The maximum atomic E-state index is 12.5. The number of ether oxygens (including phenoxy) is 1. The Balaban J connectivity index is 1.29. The number of anilines is 2. The van der Waals surface area contributed by atoms with E-state index in [1.165, 1.54) is 25.7 Å². The third-order valence-corrected chi connectivity index (χ3v) is 6.11. The van der Waals surface area contributed by atoms with Crippen LogP contribution in [0, 0.1) is 17.2 Å². The minimum absolute atomic E-state index is 0.0296. The van der Waals surface area contributed by atoms with Gasteiger partial charge in [-0.15, -0.1) is 0 Å². The summed E-state index contributed by atoms with van der Waals surface area (Å²) in [5.74, 6) is 1.47. The molecule has 0 aromatic heterocycles. The van der Waals surface area contributed by atoms with Crippen LogP contribution >= 0.6 is 0 Å². The van der Waals surface area contributed by atoms with Gasteiger partial charge in [0.05, 0.1) is 11.6 Å². The van der Waals surface area contributed by atoms with Gasteiger partial charge in [-0.05, 0) is 60.9 Å². The molecule has 0 saturated heterocycles. The molecule has 1 fully saturated rings. The lowest BCUT2D eigenvalue weighted by Crippen LogP contribution is -2.25. The number of hydrogen-bond acceptors (Lipinski definition) is 4. The zero-order valence-electron chi connectivity index (χ0n) is 18.7. The quantitative estimate of drug-likeness (QED) is 0.417. The molecule has 2 N–H and O–H groups in total. The summed E-state index contributed by atoms with van der Waals surface area (Å²) < 4.78 is 5.83. The lowest BCUT2D eigenvalue weighted by Gasteiger charge is -2.12. The van der Waals surface area contributed by atoms with Crippen molar-refractivity contribution in [2.24, 2.45) is 5.92 Å². The van der Waals surface area contributed by atoms with E-state index < -0.39 is 0 Å². The van der Waals surface area contributed by atoms with E-state index in [9.17, 15) is 10.1 Å². The number of nitrogens with one attached hydrogen (secondary N) is 2. The summed E-state index contributed by atoms with van der Waals surface area (Å²) in [6, 6.07) is 24.8. The average Bonchev–Trinajstić information content (AvgIpc) is 3.37. The number of nitrogens with zero attached hydrogens (tertiary/aromatic N) is 1. The van der Waals surface area contributed by atoms with Crippen molar-refractivity contribution in [3.63, 3.8) is 0 Å². The number of nitriles is 1. The predicted octanol–water partition coefficient (Wildman–Crippen LogP) is 6.19. The Labute approximate surface area is 195 Å². The minimum Gasteiger partial charge on any atom is -0.489 e. The van der Waals surface area contributed by atoms with Gasteiger partial charge in [-0.3, -0.25) is 4.79 Å². The van der Waals surface area contributed by atoms with Crippen LogP contribution in [0.25, 0.3) is 0 Å². The van der Waals surface area contributed by atoms with E-state index in [0.29, 0.717) is 17.7 Å². The van der Waals surface area contributed by atoms with Gasteiger partial charge in [0.25, 0.3) is 5.91 Å². The van der Waals surface area contributed by atoms with E-state index >= 15 is 0 Å². The summed E-state index contributed by atoms with van der Waals surface area (Å²) in [6.45, 7) is 1.08. The summed E-state index contributed by atoms with van der Waals surface area (Å²) in [5, 5.41) is 15.6. The average molecular weight is 440 g/mol. The molecule has 1 amide bonds. The van der Waals surface area contributed by atoms with Crippen LogP contribution in [0.5, 0.6) is 5.75 Å². The standard InChI is InChI=1S/C28H29N3O2/c29-19-23-8-3-4-9-24(23)20-33-27-14-12-25(13-15-27)31-26-11-5-10-22(18-26)28(32)30-17-16-21-6-1-2-7-21/h3-5,8-15,18,21,31H,1-2,6-7,16-17,20H2,(H,30,32). The molecule has 0 bridgehead atoms. The summed E-state index contributed by atoms with van der Waals surface area (Å²) in [6.07, 6.45) is 6.32. The molecule has 3 aromatic carbocycles. The summed E-state index contributed by atoms with van der Waals surface area (Å²) >= 11 is 0. The molecule has 0 aliphatic heterocycles. The maximum absolute atomic E-state index is 12.5. The summed E-state index contributed by atoms with van der Waals surface area (Å²) in [5.41, 5.74) is 3.90. The molecular formula is C28H29N3O2. The van der Waals surface area contributed by atoms with Crippen molar-refractivity contribution in [2.75, 3.05) is 11.9 Å². The van der Waals surface area contributed by atoms with Gasteiger partial charge in [-0.2, -0.15) is 5.26 Å². The molecular weight excluding hydrogens is 410 g/mol. The predicted molar refractivity (Wildman–Crippen MR) is 131 cm³/mol. The molecule has 0 heterocycles. The lowest BCUT2D eigenvalue weighted by molar-refractivity contribution is 0.0951. The Bertz CT molecular complexity index is 1110. The van der Waals surface area contributed by atoms with E-state index in [1.54, 1.807) is 6.07 Å². The lowest BCUT2D eigenvalue weighted by atomic mass is 10.0. The number of benzene rings is 3. The van der Waals surface area contributed by atoms with Crippen LogP contribution in [0.3, 0.4) is 0 Å². The summed E-state index contributed by atoms with van der Waals surface area (Å²) in [7, 11) is 0. The first kappa shape index (κ1) is 22.4. The maximum Gasteiger partial charge on any atom is 0.251 e. The molecule has 1 saturated carbocycles. The van der Waals surface area contributed by atoms with Gasteiger partial charge in [-0.25, -0.2) is 0 Å². The van der Waals surface area contributed by atoms with Crippen molar-refractivity contribution >= 4 is 17.3 Å². The Morgan fingerprint density at radius 1 is 0.970 bits per heavy atom. The van der Waals surface area contributed by atoms with Crippen LogP contribution in [0.2, 0.25) is 0 Å². The zero-order chi connectivity index (χ0) is 22.9. The third kappa shape index (κ3) is 6.36. The molecule has 0 radical (unpaired) electrons. The minimum atomic E-state index is -0.0296. The van der Waals surface area contributed by atoms with E-state index in [0.717, 1.165) is 41.6 Å². The van der Waals surface area contributed by atoms with E-state index in [1.807, 2.05) is 66.7 Å². The molecule has 0 spiro atoms. The van der Waals surface area contributed by atoms with Crippen molar-refractivity contribution in [1.82, 2.24) is 5.32 Å². The molecule has 0 unspecified atom stereocenters. The molecule has 4 rings (SSSR count). The fraction of sp³-hybridized carbons (Fsp3) is 0.286. The monoisotopic (exact) mass is 439 g/mol. The number of carbonyl (C=O) groups excluding carboxylic acids is 1. The highest BCUT2D eigenvalue weighted by atomic mass is 16.5.